The lowest BCUT2D eigenvalue weighted by Gasteiger charge is -2.47. The maximum atomic E-state index is 12.2. The van der Waals surface area contributed by atoms with Crippen LogP contribution < -0.4 is 4.74 Å². The zero-order valence-electron chi connectivity index (χ0n) is 12.0. The Balaban J connectivity index is 1.33. The predicted molar refractivity (Wildman–Crippen MR) is 83.1 cm³/mol. The zero-order valence-corrected chi connectivity index (χ0v) is 12.8. The second kappa shape index (κ2) is 5.35. The van der Waals surface area contributed by atoms with E-state index in [4.69, 9.17) is 9.15 Å². The van der Waals surface area contributed by atoms with E-state index in [0.717, 1.165) is 25.3 Å². The summed E-state index contributed by atoms with van der Waals surface area (Å²) in [6, 6.07) is 7.39. The molecule has 2 aromatic heterocycles. The first kappa shape index (κ1) is 13.7. The molecule has 0 saturated carbocycles. The second-order valence-electron chi connectivity index (χ2n) is 5.78. The van der Waals surface area contributed by atoms with E-state index >= 15 is 0 Å². The average Bonchev–Trinajstić information content (AvgIpc) is 3.16. The smallest absolute Gasteiger partial charge is 0.257 e. The first-order valence-electron chi connectivity index (χ1n) is 7.27. The number of nitrogens with zero attached hydrogens (tertiary/aromatic N) is 2. The van der Waals surface area contributed by atoms with Crippen LogP contribution in [0.2, 0.25) is 0 Å². The van der Waals surface area contributed by atoms with Gasteiger partial charge in [-0.2, -0.15) is 0 Å². The highest BCUT2D eigenvalue weighted by Crippen LogP contribution is 2.46. The summed E-state index contributed by atoms with van der Waals surface area (Å²) < 4.78 is 11.1. The fraction of sp³-hybridized carbons (Fsp3) is 0.375. The Labute approximate surface area is 132 Å². The Bertz CT molecular complexity index is 653. The van der Waals surface area contributed by atoms with E-state index in [1.54, 1.807) is 12.3 Å². The van der Waals surface area contributed by atoms with Gasteiger partial charge < -0.3 is 14.1 Å². The third-order valence-electron chi connectivity index (χ3n) is 4.11. The van der Waals surface area contributed by atoms with Gasteiger partial charge >= 0.3 is 0 Å². The molecule has 2 fully saturated rings. The summed E-state index contributed by atoms with van der Waals surface area (Å²) in [6.45, 7) is 1.56. The molecule has 2 aliphatic rings. The Morgan fingerprint density at radius 3 is 3.05 bits per heavy atom. The van der Waals surface area contributed by atoms with Gasteiger partial charge in [0, 0.05) is 37.5 Å². The SMILES string of the molecule is O=C(c1ccoc1)N1CC2(C[C@@H](Oc3ccccn3)CS2)C1. The van der Waals surface area contributed by atoms with Crippen molar-refractivity contribution in [2.75, 3.05) is 18.8 Å². The normalized spacial score (nSPS) is 22.5. The first-order valence-corrected chi connectivity index (χ1v) is 8.26. The highest BCUT2D eigenvalue weighted by molar-refractivity contribution is 8.01. The number of hydrogen-bond donors (Lipinski definition) is 0. The minimum atomic E-state index is 0.0501. The Kier molecular flexibility index (Phi) is 3.33. The Hall–Kier alpha value is -1.95. The van der Waals surface area contributed by atoms with E-state index in [-0.39, 0.29) is 16.8 Å². The van der Waals surface area contributed by atoms with E-state index in [1.807, 2.05) is 34.9 Å². The van der Waals surface area contributed by atoms with Crippen molar-refractivity contribution in [1.82, 2.24) is 9.88 Å². The summed E-state index contributed by atoms with van der Waals surface area (Å²) in [7, 11) is 0. The third kappa shape index (κ3) is 2.47. The van der Waals surface area contributed by atoms with Crippen molar-refractivity contribution in [2.24, 2.45) is 0 Å². The van der Waals surface area contributed by atoms with Crippen LogP contribution >= 0.6 is 11.8 Å². The van der Waals surface area contributed by atoms with Crippen molar-refractivity contribution >= 4 is 17.7 Å². The molecule has 22 heavy (non-hydrogen) atoms. The van der Waals surface area contributed by atoms with E-state index in [9.17, 15) is 4.79 Å². The van der Waals surface area contributed by atoms with Gasteiger partial charge in [0.15, 0.2) is 0 Å². The standard InChI is InChI=1S/C16H16N2O3S/c19-15(12-4-6-20-8-12)18-10-16(11-18)7-13(9-22-16)21-14-3-1-2-5-17-14/h1-6,8,13H,7,9-11H2/t13-/m1/s1. The van der Waals surface area contributed by atoms with Crippen LogP contribution in [0.15, 0.2) is 47.4 Å². The lowest BCUT2D eigenvalue weighted by Crippen LogP contribution is -2.60. The molecule has 0 radical (unpaired) electrons. The van der Waals surface area contributed by atoms with Crippen LogP contribution in [-0.4, -0.2) is 45.5 Å². The highest BCUT2D eigenvalue weighted by Gasteiger charge is 2.51. The Morgan fingerprint density at radius 2 is 2.32 bits per heavy atom. The van der Waals surface area contributed by atoms with Crippen molar-refractivity contribution in [2.45, 2.75) is 17.3 Å². The molecule has 2 saturated heterocycles. The molecule has 1 spiro atoms. The van der Waals surface area contributed by atoms with Crippen LogP contribution in [0.25, 0.3) is 0 Å². The predicted octanol–water partition coefficient (Wildman–Crippen LogP) is 2.45. The topological polar surface area (TPSA) is 55.6 Å². The monoisotopic (exact) mass is 316 g/mol. The van der Waals surface area contributed by atoms with Gasteiger partial charge in [0.2, 0.25) is 5.88 Å². The lowest BCUT2D eigenvalue weighted by atomic mass is 9.92. The van der Waals surface area contributed by atoms with Crippen LogP contribution in [0.5, 0.6) is 5.88 Å². The molecular weight excluding hydrogens is 300 g/mol. The zero-order chi connectivity index (χ0) is 15.0. The summed E-state index contributed by atoms with van der Waals surface area (Å²) in [5.41, 5.74) is 0.624. The van der Waals surface area contributed by atoms with Crippen molar-refractivity contribution in [3.8, 4) is 5.88 Å². The number of furan rings is 1. The van der Waals surface area contributed by atoms with Crippen molar-refractivity contribution in [3.05, 3.63) is 48.6 Å². The maximum absolute atomic E-state index is 12.2. The number of rotatable bonds is 3. The van der Waals surface area contributed by atoms with E-state index in [1.165, 1.54) is 12.5 Å². The average molecular weight is 316 g/mol. The number of carbonyl (C=O) groups excluding carboxylic acids is 1. The van der Waals surface area contributed by atoms with Crippen molar-refractivity contribution in [3.63, 3.8) is 0 Å². The molecule has 0 N–H and O–H groups in total. The number of carbonyl (C=O) groups is 1. The highest BCUT2D eigenvalue weighted by atomic mass is 32.2. The lowest BCUT2D eigenvalue weighted by molar-refractivity contribution is 0.0515. The minimum absolute atomic E-state index is 0.0501. The number of ether oxygens (including phenoxy) is 1. The molecule has 1 amide bonds. The number of aromatic nitrogens is 1. The molecule has 1 atom stereocenters. The van der Waals surface area contributed by atoms with Gasteiger partial charge in [0.1, 0.15) is 12.4 Å². The van der Waals surface area contributed by atoms with Gasteiger partial charge in [-0.3, -0.25) is 4.79 Å². The maximum Gasteiger partial charge on any atom is 0.257 e. The molecule has 4 rings (SSSR count). The largest absolute Gasteiger partial charge is 0.473 e. The summed E-state index contributed by atoms with van der Waals surface area (Å²) in [4.78, 5) is 18.3. The summed E-state index contributed by atoms with van der Waals surface area (Å²) >= 11 is 1.91. The number of pyridine rings is 1. The van der Waals surface area contributed by atoms with Crippen LogP contribution in [0.3, 0.4) is 0 Å². The van der Waals surface area contributed by atoms with Gasteiger partial charge in [-0.15, -0.1) is 11.8 Å². The van der Waals surface area contributed by atoms with Gasteiger partial charge in [-0.1, -0.05) is 6.07 Å². The van der Waals surface area contributed by atoms with Crippen LogP contribution in [0.4, 0.5) is 0 Å². The van der Waals surface area contributed by atoms with Crippen LogP contribution in [0.1, 0.15) is 16.8 Å². The van der Waals surface area contributed by atoms with E-state index in [2.05, 4.69) is 4.98 Å². The van der Waals surface area contributed by atoms with E-state index < -0.39 is 0 Å². The fourth-order valence-corrected chi connectivity index (χ4v) is 4.57. The molecule has 5 nitrogen and oxygen atoms in total. The van der Waals surface area contributed by atoms with Crippen LogP contribution in [-0.2, 0) is 0 Å². The van der Waals surface area contributed by atoms with Crippen molar-refractivity contribution in [1.29, 1.82) is 0 Å². The molecule has 4 heterocycles. The van der Waals surface area contributed by atoms with Gasteiger partial charge in [0.25, 0.3) is 5.91 Å². The molecule has 6 heteroatoms. The summed E-state index contributed by atoms with van der Waals surface area (Å²) in [5.74, 6) is 1.68. The number of hydrogen-bond acceptors (Lipinski definition) is 5. The van der Waals surface area contributed by atoms with Gasteiger partial charge in [-0.25, -0.2) is 4.98 Å². The number of thioether (sulfide) groups is 1. The molecule has 0 bridgehead atoms. The summed E-state index contributed by atoms with van der Waals surface area (Å²) in [6.07, 6.45) is 5.91. The number of amides is 1. The molecular formula is C16H16N2O3S. The third-order valence-corrected chi connectivity index (χ3v) is 5.69. The van der Waals surface area contributed by atoms with E-state index in [0.29, 0.717) is 11.4 Å². The first-order chi connectivity index (χ1) is 10.7. The van der Waals surface area contributed by atoms with Crippen LogP contribution in [0, 0.1) is 0 Å². The molecule has 2 aromatic rings. The molecule has 2 aliphatic heterocycles. The molecule has 0 unspecified atom stereocenters. The minimum Gasteiger partial charge on any atom is -0.473 e. The fourth-order valence-electron chi connectivity index (χ4n) is 3.05. The van der Waals surface area contributed by atoms with Gasteiger partial charge in [0.05, 0.1) is 16.6 Å². The molecule has 0 aliphatic carbocycles. The van der Waals surface area contributed by atoms with Crippen molar-refractivity contribution < 1.29 is 13.9 Å². The molecule has 114 valence electrons. The van der Waals surface area contributed by atoms with Gasteiger partial charge in [-0.05, 0) is 12.1 Å². The second-order valence-corrected chi connectivity index (χ2v) is 7.27. The molecule has 0 aromatic carbocycles. The number of likely N-dealkylation sites (tertiary alicyclic amines) is 1. The Morgan fingerprint density at radius 1 is 1.41 bits per heavy atom. The summed E-state index contributed by atoms with van der Waals surface area (Å²) in [5, 5.41) is 0. The quantitative estimate of drug-likeness (QED) is 0.870.